The van der Waals surface area contributed by atoms with Crippen LogP contribution in [0.3, 0.4) is 0 Å². The van der Waals surface area contributed by atoms with Crippen LogP contribution in [0, 0.1) is 0 Å². The number of carbonyl (C=O) groups is 1. The van der Waals surface area contributed by atoms with Gasteiger partial charge in [-0.05, 0) is 44.2 Å². The van der Waals surface area contributed by atoms with Crippen molar-refractivity contribution in [2.45, 2.75) is 25.6 Å². The maximum Gasteiger partial charge on any atom is 0.417 e. The summed E-state index contributed by atoms with van der Waals surface area (Å²) in [5, 5.41) is 2.70. The quantitative estimate of drug-likeness (QED) is 0.864. The van der Waals surface area contributed by atoms with E-state index in [4.69, 9.17) is 10.5 Å². The first-order valence-corrected chi connectivity index (χ1v) is 7.43. The van der Waals surface area contributed by atoms with Gasteiger partial charge in [0, 0.05) is 29.9 Å². The van der Waals surface area contributed by atoms with Gasteiger partial charge >= 0.3 is 6.18 Å². The Morgan fingerprint density at radius 2 is 1.80 bits per heavy atom. The van der Waals surface area contributed by atoms with Crippen LogP contribution in [0.25, 0.3) is 0 Å². The normalized spacial score (nSPS) is 11.9. The predicted octanol–water partition coefficient (Wildman–Crippen LogP) is 3.36. The Kier molecular flexibility index (Phi) is 5.32. The lowest BCUT2D eigenvalue weighted by Gasteiger charge is -2.18. The van der Waals surface area contributed by atoms with E-state index >= 15 is 0 Å². The van der Waals surface area contributed by atoms with E-state index in [9.17, 15) is 18.0 Å². The van der Waals surface area contributed by atoms with Gasteiger partial charge in [0.1, 0.15) is 5.75 Å². The van der Waals surface area contributed by atoms with Gasteiger partial charge in [-0.2, -0.15) is 13.2 Å². The van der Waals surface area contributed by atoms with Crippen LogP contribution in [0.5, 0.6) is 11.6 Å². The number of nitrogens with one attached hydrogen (secondary N) is 1. The summed E-state index contributed by atoms with van der Waals surface area (Å²) in [6.07, 6.45) is -3.75. The fourth-order valence-electron chi connectivity index (χ4n) is 1.81. The third-order valence-corrected chi connectivity index (χ3v) is 3.11. The number of nitrogens with zero attached hydrogens (tertiary/aromatic N) is 1. The average Bonchev–Trinajstić information content (AvgIpc) is 2.52. The van der Waals surface area contributed by atoms with E-state index in [-0.39, 0.29) is 11.8 Å². The lowest BCUT2D eigenvalue weighted by Crippen LogP contribution is -2.45. The maximum absolute atomic E-state index is 12.5. The molecule has 0 unspecified atom stereocenters. The number of amides is 1. The molecule has 0 spiro atoms. The van der Waals surface area contributed by atoms with Gasteiger partial charge in [0.2, 0.25) is 5.88 Å². The number of hydrogen-bond acceptors (Lipinski definition) is 4. The molecule has 134 valence electrons. The minimum absolute atomic E-state index is 0.0232. The first-order chi connectivity index (χ1) is 11.5. The molecule has 5 nitrogen and oxygen atoms in total. The Bertz CT molecular complexity index is 721. The van der Waals surface area contributed by atoms with Gasteiger partial charge in [-0.25, -0.2) is 4.98 Å². The molecule has 1 aromatic heterocycles. The highest BCUT2D eigenvalue weighted by Crippen LogP contribution is 2.30. The molecule has 0 saturated heterocycles. The van der Waals surface area contributed by atoms with Crippen molar-refractivity contribution in [1.82, 2.24) is 10.3 Å². The van der Waals surface area contributed by atoms with Crippen LogP contribution in [0.1, 0.15) is 29.8 Å². The van der Waals surface area contributed by atoms with Gasteiger partial charge < -0.3 is 15.8 Å². The molecule has 0 radical (unpaired) electrons. The lowest BCUT2D eigenvalue weighted by molar-refractivity contribution is -0.137. The molecule has 0 aliphatic heterocycles. The minimum atomic E-state index is -4.45. The Hall–Kier alpha value is -2.61. The van der Waals surface area contributed by atoms with Crippen LogP contribution in [-0.2, 0) is 6.18 Å². The summed E-state index contributed by atoms with van der Waals surface area (Å²) in [4.78, 5) is 15.6. The summed E-state index contributed by atoms with van der Waals surface area (Å²) in [5.41, 5.74) is 4.84. The van der Waals surface area contributed by atoms with Crippen molar-refractivity contribution in [2.75, 3.05) is 6.54 Å². The molecular weight excluding hydrogens is 335 g/mol. The van der Waals surface area contributed by atoms with E-state index in [1.807, 2.05) is 0 Å². The molecular formula is C17H18F3N3O2. The third-order valence-electron chi connectivity index (χ3n) is 3.11. The molecule has 0 fully saturated rings. The molecule has 0 aliphatic rings. The summed E-state index contributed by atoms with van der Waals surface area (Å²) in [6, 6.07) is 8.16. The van der Waals surface area contributed by atoms with Crippen molar-refractivity contribution in [2.24, 2.45) is 5.73 Å². The van der Waals surface area contributed by atoms with E-state index in [1.54, 1.807) is 13.8 Å². The molecule has 0 aliphatic carbocycles. The highest BCUT2D eigenvalue weighted by molar-refractivity contribution is 5.94. The topological polar surface area (TPSA) is 77.2 Å². The zero-order chi connectivity index (χ0) is 18.7. The lowest BCUT2D eigenvalue weighted by atomic mass is 10.1. The largest absolute Gasteiger partial charge is 0.439 e. The van der Waals surface area contributed by atoms with Gasteiger partial charge in [-0.15, -0.1) is 0 Å². The number of ether oxygens (including phenoxy) is 1. The number of nitrogens with two attached hydrogens (primary N) is 1. The smallest absolute Gasteiger partial charge is 0.417 e. The zero-order valence-corrected chi connectivity index (χ0v) is 13.7. The number of halogens is 3. The average molecular weight is 353 g/mol. The molecule has 2 rings (SSSR count). The number of carbonyl (C=O) groups excluding carboxylic acids is 1. The van der Waals surface area contributed by atoms with E-state index in [0.717, 1.165) is 12.1 Å². The number of aromatic nitrogens is 1. The molecule has 25 heavy (non-hydrogen) atoms. The standard InChI is InChI=1S/C17H18F3N3O2/c1-16(2,21)10-23-15(24)11-3-6-13(7-4-11)25-14-8-5-12(9-22-14)17(18,19)20/h3-9H,10,21H2,1-2H3,(H,23,24). The number of pyridine rings is 1. The van der Waals surface area contributed by atoms with E-state index in [2.05, 4.69) is 10.3 Å². The van der Waals surface area contributed by atoms with E-state index < -0.39 is 17.3 Å². The zero-order valence-electron chi connectivity index (χ0n) is 13.7. The molecule has 8 heteroatoms. The Balaban J connectivity index is 1.99. The van der Waals surface area contributed by atoms with Crippen molar-refractivity contribution in [3.05, 3.63) is 53.7 Å². The van der Waals surface area contributed by atoms with Crippen molar-refractivity contribution in [1.29, 1.82) is 0 Å². The molecule has 1 amide bonds. The number of alkyl halides is 3. The SMILES string of the molecule is CC(C)(N)CNC(=O)c1ccc(Oc2ccc(C(F)(F)F)cn2)cc1. The van der Waals surface area contributed by atoms with Gasteiger partial charge in [-0.1, -0.05) is 0 Å². The fraction of sp³-hybridized carbons (Fsp3) is 0.294. The molecule has 0 bridgehead atoms. The van der Waals surface area contributed by atoms with E-state index in [0.29, 0.717) is 24.1 Å². The van der Waals surface area contributed by atoms with Gasteiger partial charge in [0.25, 0.3) is 5.91 Å². The fourth-order valence-corrected chi connectivity index (χ4v) is 1.81. The van der Waals surface area contributed by atoms with Crippen molar-refractivity contribution >= 4 is 5.91 Å². The van der Waals surface area contributed by atoms with Crippen LogP contribution in [0.4, 0.5) is 13.2 Å². The first kappa shape index (κ1) is 18.7. The van der Waals surface area contributed by atoms with Crippen molar-refractivity contribution < 1.29 is 22.7 Å². The Labute approximate surface area is 143 Å². The highest BCUT2D eigenvalue weighted by atomic mass is 19.4. The summed E-state index contributed by atoms with van der Waals surface area (Å²) >= 11 is 0. The first-order valence-electron chi connectivity index (χ1n) is 7.43. The third kappa shape index (κ3) is 5.75. The predicted molar refractivity (Wildman–Crippen MR) is 86.4 cm³/mol. The van der Waals surface area contributed by atoms with Crippen LogP contribution in [0.15, 0.2) is 42.6 Å². The molecule has 1 aromatic carbocycles. The summed E-state index contributed by atoms with van der Waals surface area (Å²) in [7, 11) is 0. The second kappa shape index (κ2) is 7.10. The second-order valence-corrected chi connectivity index (χ2v) is 6.18. The second-order valence-electron chi connectivity index (χ2n) is 6.18. The maximum atomic E-state index is 12.5. The summed E-state index contributed by atoms with van der Waals surface area (Å²) < 4.78 is 42.8. The van der Waals surface area contributed by atoms with Gasteiger partial charge in [0.05, 0.1) is 5.56 Å². The Morgan fingerprint density at radius 1 is 1.16 bits per heavy atom. The summed E-state index contributed by atoms with van der Waals surface area (Å²) in [5.74, 6) is 0.0933. The van der Waals surface area contributed by atoms with Crippen LogP contribution in [0.2, 0.25) is 0 Å². The van der Waals surface area contributed by atoms with Crippen LogP contribution < -0.4 is 15.8 Å². The van der Waals surface area contributed by atoms with Crippen LogP contribution >= 0.6 is 0 Å². The Morgan fingerprint density at radius 3 is 2.28 bits per heavy atom. The van der Waals surface area contributed by atoms with Gasteiger partial charge in [0.15, 0.2) is 0 Å². The molecule has 3 N–H and O–H groups in total. The molecule has 2 aromatic rings. The molecule has 0 atom stereocenters. The summed E-state index contributed by atoms with van der Waals surface area (Å²) in [6.45, 7) is 3.90. The number of rotatable bonds is 5. The van der Waals surface area contributed by atoms with Crippen molar-refractivity contribution in [3.8, 4) is 11.6 Å². The highest BCUT2D eigenvalue weighted by Gasteiger charge is 2.30. The molecule has 0 saturated carbocycles. The van der Waals surface area contributed by atoms with E-state index in [1.165, 1.54) is 24.3 Å². The minimum Gasteiger partial charge on any atom is -0.439 e. The monoisotopic (exact) mass is 353 g/mol. The van der Waals surface area contributed by atoms with Crippen LogP contribution in [-0.4, -0.2) is 23.0 Å². The number of hydrogen-bond donors (Lipinski definition) is 2. The van der Waals surface area contributed by atoms with Crippen molar-refractivity contribution in [3.63, 3.8) is 0 Å². The number of benzene rings is 1. The van der Waals surface area contributed by atoms with Gasteiger partial charge in [-0.3, -0.25) is 4.79 Å². The molecule has 1 heterocycles.